The summed E-state index contributed by atoms with van der Waals surface area (Å²) in [5.74, 6) is -0.121. The second kappa shape index (κ2) is 4.35. The van der Waals surface area contributed by atoms with Crippen molar-refractivity contribution in [2.45, 2.75) is 18.9 Å². The van der Waals surface area contributed by atoms with Crippen molar-refractivity contribution >= 4 is 0 Å². The van der Waals surface area contributed by atoms with E-state index in [1.165, 1.54) is 12.1 Å². The lowest BCUT2D eigenvalue weighted by atomic mass is 9.93. The molecule has 0 aromatic heterocycles. The van der Waals surface area contributed by atoms with Gasteiger partial charge in [-0.25, -0.2) is 4.39 Å². The number of nitrogens with two attached hydrogens (primary N) is 2. The second-order valence-corrected chi connectivity index (χ2v) is 3.25. The predicted octanol–water partition coefficient (Wildman–Crippen LogP) is 1.22. The van der Waals surface area contributed by atoms with E-state index in [-0.39, 0.29) is 17.8 Å². The number of halogens is 1. The zero-order valence-electron chi connectivity index (χ0n) is 7.70. The molecule has 4 N–H and O–H groups in total. The summed E-state index contributed by atoms with van der Waals surface area (Å²) in [6, 6.07) is 6.32. The third-order valence-electron chi connectivity index (χ3n) is 2.19. The normalized spacial score (nSPS) is 15.4. The van der Waals surface area contributed by atoms with E-state index in [0.29, 0.717) is 6.54 Å². The molecule has 0 bridgehead atoms. The van der Waals surface area contributed by atoms with Gasteiger partial charge in [0.05, 0.1) is 0 Å². The molecule has 2 atom stereocenters. The van der Waals surface area contributed by atoms with Gasteiger partial charge in [-0.3, -0.25) is 0 Å². The SMILES string of the molecule is C[C@@H](N)[C@@H](CN)c1ccc(F)cc1. The Morgan fingerprint density at radius 3 is 2.23 bits per heavy atom. The van der Waals surface area contributed by atoms with Gasteiger partial charge in [0.15, 0.2) is 0 Å². The number of benzene rings is 1. The second-order valence-electron chi connectivity index (χ2n) is 3.25. The number of hydrogen-bond acceptors (Lipinski definition) is 2. The molecule has 13 heavy (non-hydrogen) atoms. The van der Waals surface area contributed by atoms with E-state index < -0.39 is 0 Å². The topological polar surface area (TPSA) is 52.0 Å². The monoisotopic (exact) mass is 182 g/mol. The van der Waals surface area contributed by atoms with E-state index in [0.717, 1.165) is 5.56 Å². The Labute approximate surface area is 77.7 Å². The largest absolute Gasteiger partial charge is 0.330 e. The van der Waals surface area contributed by atoms with E-state index in [2.05, 4.69) is 0 Å². The molecule has 0 fully saturated rings. The average Bonchev–Trinajstić information content (AvgIpc) is 2.09. The van der Waals surface area contributed by atoms with Gasteiger partial charge in [0.25, 0.3) is 0 Å². The van der Waals surface area contributed by atoms with Gasteiger partial charge in [-0.2, -0.15) is 0 Å². The summed E-state index contributed by atoms with van der Waals surface area (Å²) in [6.07, 6.45) is 0. The van der Waals surface area contributed by atoms with Crippen LogP contribution in [0.3, 0.4) is 0 Å². The first kappa shape index (κ1) is 10.2. The summed E-state index contributed by atoms with van der Waals surface area (Å²) >= 11 is 0. The molecule has 2 nitrogen and oxygen atoms in total. The van der Waals surface area contributed by atoms with Gasteiger partial charge >= 0.3 is 0 Å². The standard InChI is InChI=1S/C10H15FN2/c1-7(13)10(6-12)8-2-4-9(11)5-3-8/h2-5,7,10H,6,12-13H2,1H3/t7-,10-/m1/s1. The Morgan fingerprint density at radius 2 is 1.85 bits per heavy atom. The molecule has 0 unspecified atom stereocenters. The Bertz CT molecular complexity index is 256. The summed E-state index contributed by atoms with van der Waals surface area (Å²) in [5, 5.41) is 0. The van der Waals surface area contributed by atoms with Crippen LogP contribution in [0.25, 0.3) is 0 Å². The van der Waals surface area contributed by atoms with Crippen LogP contribution >= 0.6 is 0 Å². The fourth-order valence-corrected chi connectivity index (χ4v) is 1.36. The van der Waals surface area contributed by atoms with E-state index in [1.54, 1.807) is 12.1 Å². The smallest absolute Gasteiger partial charge is 0.123 e. The molecule has 1 rings (SSSR count). The lowest BCUT2D eigenvalue weighted by molar-refractivity contribution is 0.573. The average molecular weight is 182 g/mol. The van der Waals surface area contributed by atoms with Gasteiger partial charge in [0.2, 0.25) is 0 Å². The lowest BCUT2D eigenvalue weighted by Crippen LogP contribution is -2.30. The Hall–Kier alpha value is -0.930. The van der Waals surface area contributed by atoms with Crippen molar-refractivity contribution in [2.24, 2.45) is 11.5 Å². The summed E-state index contributed by atoms with van der Waals surface area (Å²) in [7, 11) is 0. The van der Waals surface area contributed by atoms with Gasteiger partial charge in [0.1, 0.15) is 5.82 Å². The van der Waals surface area contributed by atoms with Crippen molar-refractivity contribution in [3.05, 3.63) is 35.6 Å². The van der Waals surface area contributed by atoms with Crippen LogP contribution in [0.1, 0.15) is 18.4 Å². The highest BCUT2D eigenvalue weighted by Crippen LogP contribution is 2.17. The molecule has 0 radical (unpaired) electrons. The third-order valence-corrected chi connectivity index (χ3v) is 2.19. The van der Waals surface area contributed by atoms with Gasteiger partial charge in [-0.05, 0) is 24.6 Å². The van der Waals surface area contributed by atoms with Crippen LogP contribution in [0, 0.1) is 5.82 Å². The summed E-state index contributed by atoms with van der Waals surface area (Å²) in [6.45, 7) is 2.39. The minimum Gasteiger partial charge on any atom is -0.330 e. The minimum absolute atomic E-state index is 0.00420. The highest BCUT2D eigenvalue weighted by atomic mass is 19.1. The molecule has 0 spiro atoms. The Kier molecular flexibility index (Phi) is 3.39. The molecule has 1 aromatic rings. The molecular formula is C10H15FN2. The molecule has 0 aliphatic heterocycles. The van der Waals surface area contributed by atoms with Crippen molar-refractivity contribution in [1.29, 1.82) is 0 Å². The molecule has 0 aliphatic rings. The van der Waals surface area contributed by atoms with Crippen LogP contribution in [0.2, 0.25) is 0 Å². The highest BCUT2D eigenvalue weighted by Gasteiger charge is 2.13. The van der Waals surface area contributed by atoms with E-state index in [4.69, 9.17) is 11.5 Å². The summed E-state index contributed by atoms with van der Waals surface area (Å²) in [4.78, 5) is 0. The first-order valence-electron chi connectivity index (χ1n) is 4.36. The summed E-state index contributed by atoms with van der Waals surface area (Å²) < 4.78 is 12.6. The van der Waals surface area contributed by atoms with E-state index in [1.807, 2.05) is 6.92 Å². The van der Waals surface area contributed by atoms with Crippen molar-refractivity contribution in [3.63, 3.8) is 0 Å². The van der Waals surface area contributed by atoms with E-state index >= 15 is 0 Å². The van der Waals surface area contributed by atoms with Crippen molar-refractivity contribution < 1.29 is 4.39 Å². The lowest BCUT2D eigenvalue weighted by Gasteiger charge is -2.18. The van der Waals surface area contributed by atoms with Crippen LogP contribution in [0.5, 0.6) is 0 Å². The maximum absolute atomic E-state index is 12.6. The Morgan fingerprint density at radius 1 is 1.31 bits per heavy atom. The fraction of sp³-hybridized carbons (Fsp3) is 0.400. The molecule has 0 heterocycles. The minimum atomic E-state index is -0.232. The maximum Gasteiger partial charge on any atom is 0.123 e. The van der Waals surface area contributed by atoms with Crippen LogP contribution < -0.4 is 11.5 Å². The molecule has 0 saturated heterocycles. The molecule has 3 heteroatoms. The molecule has 1 aromatic carbocycles. The maximum atomic E-state index is 12.6. The molecule has 0 amide bonds. The van der Waals surface area contributed by atoms with Crippen molar-refractivity contribution in [1.82, 2.24) is 0 Å². The third kappa shape index (κ3) is 2.50. The van der Waals surface area contributed by atoms with Crippen LogP contribution in [-0.2, 0) is 0 Å². The zero-order valence-corrected chi connectivity index (χ0v) is 7.70. The van der Waals surface area contributed by atoms with Crippen molar-refractivity contribution in [3.8, 4) is 0 Å². The first-order valence-corrected chi connectivity index (χ1v) is 4.36. The predicted molar refractivity (Wildman–Crippen MR) is 51.8 cm³/mol. The number of hydrogen-bond donors (Lipinski definition) is 2. The van der Waals surface area contributed by atoms with Gasteiger partial charge in [0, 0.05) is 18.5 Å². The van der Waals surface area contributed by atoms with Crippen LogP contribution in [0.15, 0.2) is 24.3 Å². The quantitative estimate of drug-likeness (QED) is 0.738. The molecule has 0 saturated carbocycles. The van der Waals surface area contributed by atoms with Gasteiger partial charge < -0.3 is 11.5 Å². The first-order chi connectivity index (χ1) is 6.15. The molecular weight excluding hydrogens is 167 g/mol. The molecule has 72 valence electrons. The highest BCUT2D eigenvalue weighted by molar-refractivity contribution is 5.22. The summed E-state index contributed by atoms with van der Waals surface area (Å²) in [5.41, 5.74) is 12.3. The van der Waals surface area contributed by atoms with Gasteiger partial charge in [-0.1, -0.05) is 12.1 Å². The van der Waals surface area contributed by atoms with Crippen LogP contribution in [-0.4, -0.2) is 12.6 Å². The number of rotatable bonds is 3. The Balaban J connectivity index is 2.86. The van der Waals surface area contributed by atoms with Crippen molar-refractivity contribution in [2.75, 3.05) is 6.54 Å². The molecule has 0 aliphatic carbocycles. The van der Waals surface area contributed by atoms with E-state index in [9.17, 15) is 4.39 Å². The fourth-order valence-electron chi connectivity index (χ4n) is 1.36. The zero-order chi connectivity index (χ0) is 9.84. The van der Waals surface area contributed by atoms with Crippen LogP contribution in [0.4, 0.5) is 4.39 Å². The van der Waals surface area contributed by atoms with Gasteiger partial charge in [-0.15, -0.1) is 0 Å².